The molecule has 0 heterocycles. The van der Waals surface area contributed by atoms with Gasteiger partial charge in [0.2, 0.25) is 0 Å². The van der Waals surface area contributed by atoms with Gasteiger partial charge in [-0.1, -0.05) is 13.8 Å². The first-order valence-corrected chi connectivity index (χ1v) is 8.31. The summed E-state index contributed by atoms with van der Waals surface area (Å²) < 4.78 is 0. The molecule has 0 fully saturated rings. The first-order chi connectivity index (χ1) is 2.41. The minimum atomic E-state index is -0.826. The summed E-state index contributed by atoms with van der Waals surface area (Å²) >= 11 is -0.826. The molecule has 0 aliphatic rings. The van der Waals surface area contributed by atoms with Crippen LogP contribution in [0.25, 0.3) is 0 Å². The zero-order chi connectivity index (χ0) is 4.71. The summed E-state index contributed by atoms with van der Waals surface area (Å²) in [4.78, 5) is 0. The standard InChI is InChI=1S/C2H5.2ClH.Sn/c1-2;;;/h1H2,2H3;2*1H;/q;;;+2/p-2. The molecule has 0 N–H and O–H groups in total. The molecule has 3 heteroatoms. The molecule has 0 aromatic rings. The summed E-state index contributed by atoms with van der Waals surface area (Å²) in [6.45, 7) is 5.00. The molecule has 0 nitrogen and oxygen atoms in total. The van der Waals surface area contributed by atoms with E-state index in [1.54, 1.807) is 6.92 Å². The van der Waals surface area contributed by atoms with Crippen molar-refractivity contribution in [1.29, 1.82) is 0 Å². The molecule has 0 aromatic carbocycles. The Morgan fingerprint density at radius 2 is 1.40 bits per heavy atom. The van der Waals surface area contributed by atoms with Crippen LogP contribution in [0.4, 0.5) is 0 Å². The molecule has 0 amide bonds. The number of rotatable bonds is 0. The molecular formula is C2H5Cl2Sn. The molecule has 3 radical (unpaired) electrons. The third-order valence-corrected chi connectivity index (χ3v) is 0. The molecule has 0 unspecified atom stereocenters. The van der Waals surface area contributed by atoms with Gasteiger partial charge in [0.15, 0.2) is 0 Å². The average molecular weight is 219 g/mol. The van der Waals surface area contributed by atoms with Crippen molar-refractivity contribution in [3.05, 3.63) is 6.92 Å². The third-order valence-electron chi connectivity index (χ3n) is 0. The van der Waals surface area contributed by atoms with Gasteiger partial charge < -0.3 is 0 Å². The second-order valence-electron chi connectivity index (χ2n) is 0.0714. The van der Waals surface area contributed by atoms with Crippen molar-refractivity contribution in [3.63, 3.8) is 0 Å². The van der Waals surface area contributed by atoms with E-state index in [9.17, 15) is 0 Å². The molecule has 0 bridgehead atoms. The summed E-state index contributed by atoms with van der Waals surface area (Å²) in [5, 5.41) is 0. The first kappa shape index (κ1) is 9.62. The van der Waals surface area contributed by atoms with Crippen LogP contribution in [0.3, 0.4) is 0 Å². The second-order valence-corrected chi connectivity index (χ2v) is 4.31. The maximum absolute atomic E-state index is 4.93. The van der Waals surface area contributed by atoms with Crippen LogP contribution >= 0.6 is 17.8 Å². The van der Waals surface area contributed by atoms with Crippen molar-refractivity contribution in [2.24, 2.45) is 0 Å². The van der Waals surface area contributed by atoms with Gasteiger partial charge in [-0.15, -0.1) is 0 Å². The topological polar surface area (TPSA) is 0 Å². The van der Waals surface area contributed by atoms with Gasteiger partial charge in [-0.05, 0) is 0 Å². The molecule has 0 aliphatic carbocycles. The van der Waals surface area contributed by atoms with E-state index in [1.807, 2.05) is 0 Å². The summed E-state index contributed by atoms with van der Waals surface area (Å²) in [5.74, 6) is 0. The van der Waals surface area contributed by atoms with Crippen LogP contribution in [0.2, 0.25) is 0 Å². The van der Waals surface area contributed by atoms with Gasteiger partial charge >= 0.3 is 36.7 Å². The van der Waals surface area contributed by atoms with Gasteiger partial charge in [0.25, 0.3) is 0 Å². The summed E-state index contributed by atoms with van der Waals surface area (Å²) in [7, 11) is 9.87. The molecule has 31 valence electrons. The number of halogens is 2. The van der Waals surface area contributed by atoms with Crippen LogP contribution in [0.15, 0.2) is 0 Å². The third kappa shape index (κ3) is 32.3. The molecule has 0 saturated carbocycles. The zero-order valence-electron chi connectivity index (χ0n) is 2.96. The fourth-order valence-corrected chi connectivity index (χ4v) is 0. The molecule has 5 heavy (non-hydrogen) atoms. The van der Waals surface area contributed by atoms with Gasteiger partial charge in [0, 0.05) is 0 Å². The van der Waals surface area contributed by atoms with Crippen molar-refractivity contribution in [1.82, 2.24) is 0 Å². The number of hydrogen-bond acceptors (Lipinski definition) is 0. The van der Waals surface area contributed by atoms with Gasteiger partial charge in [-0.25, -0.2) is 0 Å². The Morgan fingerprint density at radius 3 is 1.40 bits per heavy atom. The fraction of sp³-hybridized carbons (Fsp3) is 0.500. The molecule has 0 spiro atoms. The van der Waals surface area contributed by atoms with E-state index in [2.05, 4.69) is 6.92 Å². The SMILES string of the molecule is [CH2]C.[Cl][Sn][Cl]. The fourth-order valence-electron chi connectivity index (χ4n) is 0. The Bertz CT molecular complexity index is 7.61. The quantitative estimate of drug-likeness (QED) is 0.545. The minimum absolute atomic E-state index is 0.826. The van der Waals surface area contributed by atoms with Crippen molar-refractivity contribution in [2.75, 3.05) is 0 Å². The summed E-state index contributed by atoms with van der Waals surface area (Å²) in [5.41, 5.74) is 0. The van der Waals surface area contributed by atoms with Crippen LogP contribution in [-0.2, 0) is 0 Å². The molecule has 0 saturated heterocycles. The maximum atomic E-state index is 4.93. The molecular weight excluding hydrogens is 214 g/mol. The van der Waals surface area contributed by atoms with Gasteiger partial charge in [0.1, 0.15) is 0 Å². The van der Waals surface area contributed by atoms with Gasteiger partial charge in [0.05, 0.1) is 0 Å². The predicted octanol–water partition coefficient (Wildman–Crippen LogP) is 1.84. The van der Waals surface area contributed by atoms with E-state index >= 15 is 0 Å². The van der Waals surface area contributed by atoms with E-state index in [1.165, 1.54) is 0 Å². The van der Waals surface area contributed by atoms with Crippen molar-refractivity contribution < 1.29 is 0 Å². The Kier molecular flexibility index (Phi) is 35.1. The van der Waals surface area contributed by atoms with Crippen LogP contribution in [0.1, 0.15) is 6.92 Å². The van der Waals surface area contributed by atoms with E-state index in [-0.39, 0.29) is 0 Å². The normalized spacial score (nSPS) is 4.80. The Hall–Kier alpha value is 1.38. The molecule has 0 rings (SSSR count). The predicted molar refractivity (Wildman–Crippen MR) is 28.5 cm³/mol. The van der Waals surface area contributed by atoms with E-state index in [0.717, 1.165) is 0 Å². The monoisotopic (exact) mass is 219 g/mol. The molecule has 0 atom stereocenters. The van der Waals surface area contributed by atoms with Crippen LogP contribution in [-0.4, -0.2) is 18.9 Å². The summed E-state index contributed by atoms with van der Waals surface area (Å²) in [6, 6.07) is 0. The van der Waals surface area contributed by atoms with E-state index < -0.39 is 18.9 Å². The van der Waals surface area contributed by atoms with Crippen molar-refractivity contribution in [3.8, 4) is 0 Å². The Labute approximate surface area is 50.5 Å². The Balaban J connectivity index is 0. The van der Waals surface area contributed by atoms with Crippen LogP contribution < -0.4 is 0 Å². The first-order valence-electron chi connectivity index (χ1n) is 1.09. The molecule has 0 aromatic heterocycles. The van der Waals surface area contributed by atoms with Crippen molar-refractivity contribution in [2.45, 2.75) is 6.92 Å². The molecule has 0 aliphatic heterocycles. The van der Waals surface area contributed by atoms with E-state index in [0.29, 0.717) is 0 Å². The second kappa shape index (κ2) is 18.2. The van der Waals surface area contributed by atoms with E-state index in [4.69, 9.17) is 17.8 Å². The zero-order valence-corrected chi connectivity index (χ0v) is 7.33. The van der Waals surface area contributed by atoms with Gasteiger partial charge in [-0.3, -0.25) is 0 Å². The number of hydrogen-bond donors (Lipinski definition) is 0. The van der Waals surface area contributed by atoms with Crippen molar-refractivity contribution >= 4 is 36.7 Å². The van der Waals surface area contributed by atoms with Crippen LogP contribution in [0.5, 0.6) is 0 Å². The average Bonchev–Trinajstić information content (AvgIpc) is 1.46. The summed E-state index contributed by atoms with van der Waals surface area (Å²) in [6.07, 6.45) is 0. The van der Waals surface area contributed by atoms with Gasteiger partial charge in [-0.2, -0.15) is 0 Å². The Morgan fingerprint density at radius 1 is 1.40 bits per heavy atom. The van der Waals surface area contributed by atoms with Crippen LogP contribution in [0, 0.1) is 6.92 Å².